The zero-order chi connectivity index (χ0) is 53.8. The van der Waals surface area contributed by atoms with Gasteiger partial charge in [0.15, 0.2) is 0 Å². The third kappa shape index (κ3) is 16.5. The van der Waals surface area contributed by atoms with E-state index in [0.717, 1.165) is 0 Å². The van der Waals surface area contributed by atoms with Gasteiger partial charge < -0.3 is 11.0 Å². The standard InChI is InChI=1S/2C36H49.2H2O.2Sn.2H2/c2*1-21(2)29-17-31(23(5)6)35(32(18-29)24(7)8)27-14-13-15-28(16-27)36-33(25(9)10)19-30(22(3)4)20-34(36)26(11)12;;;;;;/h2*13-15,17-26H,1-12H3;2*1H2;;;2*1H. The number of rotatable bonds is 16. The van der Waals surface area contributed by atoms with Gasteiger partial charge in [-0.2, -0.15) is 0 Å². The maximum Gasteiger partial charge on any atom is 0 e. The minimum Gasteiger partial charge on any atom is -0.412 e. The van der Waals surface area contributed by atoms with Crippen LogP contribution in [-0.4, -0.2) is 58.8 Å². The van der Waals surface area contributed by atoms with Crippen molar-refractivity contribution in [2.75, 3.05) is 0 Å². The molecule has 76 heavy (non-hydrogen) atoms. The van der Waals surface area contributed by atoms with Gasteiger partial charge in [0.25, 0.3) is 0 Å². The van der Waals surface area contributed by atoms with E-state index in [0.29, 0.717) is 71.0 Å². The summed E-state index contributed by atoms with van der Waals surface area (Å²) in [5, 5.41) is 0. The molecule has 6 aromatic carbocycles. The largest absolute Gasteiger partial charge is 0.412 e. The maximum absolute atomic E-state index is 3.96. The molecule has 0 fully saturated rings. The molecule has 0 aliphatic heterocycles. The normalized spacial score (nSPS) is 11.6. The summed E-state index contributed by atoms with van der Waals surface area (Å²) in [7, 11) is 0. The molecule has 0 unspecified atom stereocenters. The van der Waals surface area contributed by atoms with Crippen LogP contribution in [0.1, 0.15) is 307 Å². The summed E-state index contributed by atoms with van der Waals surface area (Å²) in [6, 6.07) is 41.1. The van der Waals surface area contributed by atoms with Crippen molar-refractivity contribution in [3.05, 3.63) is 164 Å². The average molecular weight is 1240 g/mol. The fourth-order valence-electron chi connectivity index (χ4n) is 10.6. The third-order valence-electron chi connectivity index (χ3n) is 15.2. The molecule has 2 nitrogen and oxygen atoms in total. The van der Waals surface area contributed by atoms with E-state index < -0.39 is 0 Å². The van der Waals surface area contributed by atoms with Gasteiger partial charge in [-0.15, -0.1) is 0 Å². The third-order valence-corrected chi connectivity index (χ3v) is 15.2. The Labute approximate surface area is 503 Å². The van der Waals surface area contributed by atoms with Gasteiger partial charge in [-0.05, 0) is 194 Å². The van der Waals surface area contributed by atoms with Crippen LogP contribution in [-0.2, 0) is 0 Å². The fourth-order valence-corrected chi connectivity index (χ4v) is 10.6. The molecule has 0 aromatic heterocycles. The second kappa shape index (κ2) is 30.4. The summed E-state index contributed by atoms with van der Waals surface area (Å²) in [5.41, 5.74) is 27.8. The van der Waals surface area contributed by atoms with Crippen LogP contribution in [0.25, 0.3) is 44.5 Å². The molecule has 0 aliphatic rings. The average Bonchev–Trinajstić information content (AvgIpc) is 3.32. The first-order valence-corrected chi connectivity index (χ1v) is 28.4. The second-order valence-electron chi connectivity index (χ2n) is 25.1. The van der Waals surface area contributed by atoms with E-state index in [1.807, 2.05) is 0 Å². The quantitative estimate of drug-likeness (QED) is 0.0867. The van der Waals surface area contributed by atoms with E-state index in [-0.39, 0.29) is 61.6 Å². The summed E-state index contributed by atoms with van der Waals surface area (Å²) in [4.78, 5) is 0. The van der Waals surface area contributed by atoms with Crippen molar-refractivity contribution < 1.29 is 13.8 Å². The Balaban J connectivity index is 0. The monoisotopic (exact) mass is 1240 g/mol. The molecule has 0 spiro atoms. The Hall–Kier alpha value is -3.16. The zero-order valence-corrected chi connectivity index (χ0v) is 57.7. The predicted molar refractivity (Wildman–Crippen MR) is 344 cm³/mol. The maximum atomic E-state index is 3.96. The molecular formula is C72H106O2Sn2. The van der Waals surface area contributed by atoms with Gasteiger partial charge in [-0.1, -0.05) is 251 Å². The van der Waals surface area contributed by atoms with Crippen LogP contribution in [0.3, 0.4) is 0 Å². The molecule has 6 rings (SSSR count). The van der Waals surface area contributed by atoms with Crippen LogP contribution in [0.5, 0.6) is 0 Å². The van der Waals surface area contributed by atoms with Gasteiger partial charge >= 0.3 is 0 Å². The minimum absolute atomic E-state index is 0. The molecule has 4 N–H and O–H groups in total. The Morgan fingerprint density at radius 1 is 0.237 bits per heavy atom. The van der Waals surface area contributed by atoms with Crippen molar-refractivity contribution in [1.29, 1.82) is 0 Å². The van der Waals surface area contributed by atoms with E-state index >= 15 is 0 Å². The van der Waals surface area contributed by atoms with Crippen molar-refractivity contribution in [2.45, 2.75) is 237 Å². The summed E-state index contributed by atoms with van der Waals surface area (Å²) in [6.07, 6.45) is 0. The first kappa shape index (κ1) is 70.9. The molecule has 0 aliphatic carbocycles. The summed E-state index contributed by atoms with van der Waals surface area (Å²) >= 11 is 0. The van der Waals surface area contributed by atoms with E-state index in [1.165, 1.54) is 111 Å². The van der Waals surface area contributed by atoms with Crippen molar-refractivity contribution in [1.82, 2.24) is 0 Å². The number of hydrogen-bond acceptors (Lipinski definition) is 0. The van der Waals surface area contributed by atoms with Crippen molar-refractivity contribution in [3.63, 3.8) is 0 Å². The smallest absolute Gasteiger partial charge is 0 e. The van der Waals surface area contributed by atoms with Gasteiger partial charge in [0.2, 0.25) is 0 Å². The first-order chi connectivity index (χ1) is 33.7. The Bertz CT molecular complexity index is 2300. The van der Waals surface area contributed by atoms with Gasteiger partial charge in [0.1, 0.15) is 0 Å². The van der Waals surface area contributed by atoms with Crippen LogP contribution in [0.2, 0.25) is 0 Å². The molecule has 0 heterocycles. The van der Waals surface area contributed by atoms with Gasteiger partial charge in [0.05, 0.1) is 0 Å². The second-order valence-corrected chi connectivity index (χ2v) is 25.1. The van der Waals surface area contributed by atoms with Crippen LogP contribution < -0.4 is 0 Å². The molecule has 414 valence electrons. The minimum atomic E-state index is 0. The molecule has 0 amide bonds. The van der Waals surface area contributed by atoms with Crippen molar-refractivity contribution >= 4 is 47.8 Å². The van der Waals surface area contributed by atoms with Crippen LogP contribution in [0.4, 0.5) is 0 Å². The topological polar surface area (TPSA) is 63.0 Å². The summed E-state index contributed by atoms with van der Waals surface area (Å²) < 4.78 is 0. The molecule has 4 heteroatoms. The van der Waals surface area contributed by atoms with Crippen molar-refractivity contribution in [2.24, 2.45) is 0 Å². The predicted octanol–water partition coefficient (Wildman–Crippen LogP) is 21.2. The summed E-state index contributed by atoms with van der Waals surface area (Å²) in [6.45, 7) is 55.7. The van der Waals surface area contributed by atoms with Gasteiger partial charge in [-0.3, -0.25) is 0 Å². The summed E-state index contributed by atoms with van der Waals surface area (Å²) in [5.74, 6) is 5.72. The zero-order valence-electron chi connectivity index (χ0n) is 52.0. The molecule has 0 bridgehead atoms. The van der Waals surface area contributed by atoms with Crippen LogP contribution in [0, 0.1) is 12.1 Å². The molecule has 0 saturated carbocycles. The van der Waals surface area contributed by atoms with E-state index in [4.69, 9.17) is 0 Å². The van der Waals surface area contributed by atoms with Crippen LogP contribution >= 0.6 is 0 Å². The fraction of sp³-hybridized carbons (Fsp3) is 0.500. The Morgan fingerprint density at radius 3 is 0.474 bits per heavy atom. The van der Waals surface area contributed by atoms with E-state index in [9.17, 15) is 0 Å². The SMILES string of the molecule is CC(C)c1cc(C(C)C)c(-c2[c]c(-c3c(C(C)C)cc(C(C)C)cc3C(C)C)ccc2)c(C(C)C)c1.CC(C)c1cc(C(C)C)c(-c2[c]c(-c3c(C(C)C)cc(C(C)C)cc3C(C)C)ccc2)c(C(C)C)c1.O.O.[HH].[HH].[Sn].[Sn]. The molecule has 10 radical (unpaired) electrons. The first-order valence-electron chi connectivity index (χ1n) is 28.4. The molecule has 6 aromatic rings. The van der Waals surface area contributed by atoms with E-state index in [1.54, 1.807) is 0 Å². The molecular weight excluding hydrogens is 1130 g/mol. The van der Waals surface area contributed by atoms with Gasteiger partial charge in [-0.25, -0.2) is 0 Å². The molecule has 0 atom stereocenters. The molecule has 0 saturated heterocycles. The Kier molecular flexibility index (Phi) is 28.4. The Morgan fingerprint density at radius 2 is 0.368 bits per heavy atom. The van der Waals surface area contributed by atoms with Gasteiger partial charge in [0, 0.05) is 50.7 Å². The number of hydrogen-bond donors (Lipinski definition) is 0. The van der Waals surface area contributed by atoms with Crippen LogP contribution in [0.15, 0.2) is 84.9 Å². The van der Waals surface area contributed by atoms with Crippen molar-refractivity contribution in [3.8, 4) is 44.5 Å². The number of benzene rings is 6. The van der Waals surface area contributed by atoms with E-state index in [2.05, 4.69) is 263 Å².